The first-order valence-electron chi connectivity index (χ1n) is 7.29. The second-order valence-corrected chi connectivity index (χ2v) is 6.14. The number of hydrogen-bond acceptors (Lipinski definition) is 4. The highest BCUT2D eigenvalue weighted by molar-refractivity contribution is 6.42. The van der Waals surface area contributed by atoms with Crippen LogP contribution >= 0.6 is 23.2 Å². The van der Waals surface area contributed by atoms with Gasteiger partial charge in [-0.1, -0.05) is 35.3 Å². The Labute approximate surface area is 135 Å². The molecule has 4 nitrogen and oxygen atoms in total. The van der Waals surface area contributed by atoms with Gasteiger partial charge in [0.2, 0.25) is 0 Å². The zero-order chi connectivity index (χ0) is 15.2. The maximum absolute atomic E-state index is 10.3. The van der Waals surface area contributed by atoms with Gasteiger partial charge < -0.3 is 15.1 Å². The molecule has 0 aliphatic carbocycles. The zero-order valence-electron chi connectivity index (χ0n) is 12.0. The third kappa shape index (κ3) is 4.81. The molecule has 1 aliphatic rings. The molecule has 0 aromatic heterocycles. The number of aliphatic hydroxyl groups is 2. The molecule has 0 bridgehead atoms. The summed E-state index contributed by atoms with van der Waals surface area (Å²) in [4.78, 5) is 4.58. The molecule has 2 rings (SSSR count). The van der Waals surface area contributed by atoms with Gasteiger partial charge in [-0.3, -0.25) is 4.90 Å². The van der Waals surface area contributed by atoms with Crippen LogP contribution in [-0.2, 0) is 0 Å². The molecule has 1 aromatic carbocycles. The molecule has 21 heavy (non-hydrogen) atoms. The molecular weight excluding hydrogens is 311 g/mol. The molecule has 118 valence electrons. The molecule has 1 heterocycles. The third-order valence-corrected chi connectivity index (χ3v) is 4.77. The number of piperazine rings is 1. The Balaban J connectivity index is 1.79. The molecule has 2 N–H and O–H groups in total. The molecule has 0 spiro atoms. The van der Waals surface area contributed by atoms with Crippen LogP contribution in [0.2, 0.25) is 10.0 Å². The number of hydrogen-bond donors (Lipinski definition) is 2. The van der Waals surface area contributed by atoms with E-state index in [9.17, 15) is 5.11 Å². The van der Waals surface area contributed by atoms with Crippen molar-refractivity contribution < 1.29 is 10.2 Å². The predicted molar refractivity (Wildman–Crippen MR) is 86.0 cm³/mol. The summed E-state index contributed by atoms with van der Waals surface area (Å²) in [6.07, 6.45) is 0.0479. The molecule has 1 aromatic rings. The lowest BCUT2D eigenvalue weighted by molar-refractivity contribution is 0.0924. The maximum atomic E-state index is 10.3. The quantitative estimate of drug-likeness (QED) is 0.836. The summed E-state index contributed by atoms with van der Waals surface area (Å²) in [6.45, 7) is 5.66. The van der Waals surface area contributed by atoms with Crippen molar-refractivity contribution in [1.82, 2.24) is 9.80 Å². The van der Waals surface area contributed by atoms with Crippen molar-refractivity contribution in [2.75, 3.05) is 45.9 Å². The fourth-order valence-electron chi connectivity index (χ4n) is 2.62. The third-order valence-electron chi connectivity index (χ3n) is 3.94. The van der Waals surface area contributed by atoms with Crippen LogP contribution in [0.5, 0.6) is 0 Å². The van der Waals surface area contributed by atoms with Gasteiger partial charge in [0, 0.05) is 44.8 Å². The van der Waals surface area contributed by atoms with Crippen LogP contribution in [-0.4, -0.2) is 65.9 Å². The smallest absolute Gasteiger partial charge is 0.0817 e. The summed E-state index contributed by atoms with van der Waals surface area (Å²) in [6, 6.07) is 5.35. The monoisotopic (exact) mass is 332 g/mol. The highest BCUT2D eigenvalue weighted by atomic mass is 35.5. The maximum Gasteiger partial charge on any atom is 0.0817 e. The summed E-state index contributed by atoms with van der Waals surface area (Å²) in [5, 5.41) is 20.1. The minimum Gasteiger partial charge on any atom is -0.395 e. The van der Waals surface area contributed by atoms with E-state index in [0.29, 0.717) is 22.0 Å². The lowest BCUT2D eigenvalue weighted by Crippen LogP contribution is -2.47. The van der Waals surface area contributed by atoms with Crippen LogP contribution in [0.3, 0.4) is 0 Å². The fourth-order valence-corrected chi connectivity index (χ4v) is 3.05. The first-order valence-corrected chi connectivity index (χ1v) is 8.05. The molecule has 6 heteroatoms. The number of benzene rings is 1. The van der Waals surface area contributed by atoms with Gasteiger partial charge >= 0.3 is 0 Å². The van der Waals surface area contributed by atoms with Crippen molar-refractivity contribution >= 4 is 23.2 Å². The van der Waals surface area contributed by atoms with Crippen LogP contribution < -0.4 is 0 Å². The predicted octanol–water partition coefficient (Wildman–Crippen LogP) is 2.03. The van der Waals surface area contributed by atoms with Crippen molar-refractivity contribution in [3.05, 3.63) is 33.8 Å². The van der Waals surface area contributed by atoms with Gasteiger partial charge in [-0.2, -0.15) is 0 Å². The second kappa shape index (κ2) is 8.32. The summed E-state index contributed by atoms with van der Waals surface area (Å²) in [7, 11) is 0. The first-order chi connectivity index (χ1) is 10.1. The topological polar surface area (TPSA) is 46.9 Å². The Morgan fingerprint density at radius 3 is 2.29 bits per heavy atom. The Hall–Kier alpha value is -0.360. The average molecular weight is 333 g/mol. The van der Waals surface area contributed by atoms with Crippen molar-refractivity contribution in [3.63, 3.8) is 0 Å². The van der Waals surface area contributed by atoms with E-state index in [0.717, 1.165) is 39.3 Å². The van der Waals surface area contributed by atoms with E-state index in [-0.39, 0.29) is 6.61 Å². The highest BCUT2D eigenvalue weighted by Crippen LogP contribution is 2.31. The number of nitrogens with zero attached hydrogens (tertiary/aromatic N) is 2. The van der Waals surface area contributed by atoms with Gasteiger partial charge in [0.25, 0.3) is 0 Å². The average Bonchev–Trinajstić information content (AvgIpc) is 2.49. The minimum atomic E-state index is -0.591. The number of halogens is 2. The fraction of sp³-hybridized carbons (Fsp3) is 0.600. The van der Waals surface area contributed by atoms with Gasteiger partial charge in [-0.05, 0) is 12.5 Å². The SMILES string of the molecule is OCCN1CCN(CCC(O)c2cccc(Cl)c2Cl)CC1. The summed E-state index contributed by atoms with van der Waals surface area (Å²) in [5.41, 5.74) is 0.697. The normalized spacial score (nSPS) is 18.9. The molecule has 1 saturated heterocycles. The molecule has 1 aliphatic heterocycles. The van der Waals surface area contributed by atoms with Gasteiger partial charge in [-0.15, -0.1) is 0 Å². The Morgan fingerprint density at radius 2 is 1.67 bits per heavy atom. The van der Waals surface area contributed by atoms with Crippen LogP contribution in [0.25, 0.3) is 0 Å². The Morgan fingerprint density at radius 1 is 1.05 bits per heavy atom. The van der Waals surface area contributed by atoms with Crippen molar-refractivity contribution in [1.29, 1.82) is 0 Å². The summed E-state index contributed by atoms with van der Waals surface area (Å²) >= 11 is 12.1. The van der Waals surface area contributed by atoms with E-state index in [1.807, 2.05) is 6.07 Å². The standard InChI is InChI=1S/C15H22Cl2N2O2/c16-13-3-1-2-12(15(13)17)14(21)4-5-18-6-8-19(9-7-18)10-11-20/h1-3,14,20-21H,4-11H2. The van der Waals surface area contributed by atoms with Crippen molar-refractivity contribution in [2.45, 2.75) is 12.5 Å². The van der Waals surface area contributed by atoms with Gasteiger partial charge in [-0.25, -0.2) is 0 Å². The molecule has 1 fully saturated rings. The summed E-state index contributed by atoms with van der Waals surface area (Å²) in [5.74, 6) is 0. The van der Waals surface area contributed by atoms with Crippen molar-refractivity contribution in [2.24, 2.45) is 0 Å². The lowest BCUT2D eigenvalue weighted by Gasteiger charge is -2.34. The molecule has 0 saturated carbocycles. The van der Waals surface area contributed by atoms with Crippen LogP contribution in [0, 0.1) is 0 Å². The summed E-state index contributed by atoms with van der Waals surface area (Å²) < 4.78 is 0. The minimum absolute atomic E-state index is 0.214. The van der Waals surface area contributed by atoms with Gasteiger partial charge in [0.05, 0.1) is 22.8 Å². The molecule has 0 amide bonds. The lowest BCUT2D eigenvalue weighted by atomic mass is 10.1. The number of rotatable bonds is 6. The van der Waals surface area contributed by atoms with E-state index in [1.54, 1.807) is 12.1 Å². The van der Waals surface area contributed by atoms with Gasteiger partial charge in [0.15, 0.2) is 0 Å². The van der Waals surface area contributed by atoms with Crippen LogP contribution in [0.1, 0.15) is 18.1 Å². The van der Waals surface area contributed by atoms with E-state index < -0.39 is 6.10 Å². The first kappa shape index (κ1) is 17.0. The number of β-amino-alcohol motifs (C(OH)–C–C–N with tert-alkyl or cyclic N) is 1. The number of aliphatic hydroxyl groups excluding tert-OH is 2. The van der Waals surface area contributed by atoms with Crippen molar-refractivity contribution in [3.8, 4) is 0 Å². The van der Waals surface area contributed by atoms with Crippen LogP contribution in [0.15, 0.2) is 18.2 Å². The van der Waals surface area contributed by atoms with Gasteiger partial charge in [0.1, 0.15) is 0 Å². The molecule has 1 unspecified atom stereocenters. The second-order valence-electron chi connectivity index (χ2n) is 5.35. The highest BCUT2D eigenvalue weighted by Gasteiger charge is 2.19. The molecule has 1 atom stereocenters. The van der Waals surface area contributed by atoms with E-state index in [4.69, 9.17) is 28.3 Å². The Kier molecular flexibility index (Phi) is 6.74. The zero-order valence-corrected chi connectivity index (χ0v) is 13.5. The molecular formula is C15H22Cl2N2O2. The van der Waals surface area contributed by atoms with E-state index in [2.05, 4.69) is 9.80 Å². The Bertz CT molecular complexity index is 451. The molecule has 0 radical (unpaired) electrons. The van der Waals surface area contributed by atoms with E-state index >= 15 is 0 Å². The van der Waals surface area contributed by atoms with Crippen LogP contribution in [0.4, 0.5) is 0 Å². The largest absolute Gasteiger partial charge is 0.395 e. The van der Waals surface area contributed by atoms with E-state index in [1.165, 1.54) is 0 Å².